The number of carbonyl (C=O) groups excluding carboxylic acids is 3. The van der Waals surface area contributed by atoms with Crippen LogP contribution in [0.3, 0.4) is 0 Å². The summed E-state index contributed by atoms with van der Waals surface area (Å²) in [6.45, 7) is 3.24. The number of rotatable bonds is 4. The van der Waals surface area contributed by atoms with Gasteiger partial charge >= 0.3 is 6.03 Å². The number of amides is 4. The number of nitrogens with one attached hydrogen (secondary N) is 1. The molecule has 0 spiro atoms. The van der Waals surface area contributed by atoms with Crippen molar-refractivity contribution < 1.29 is 14.4 Å². The highest BCUT2D eigenvalue weighted by Crippen LogP contribution is 2.06. The van der Waals surface area contributed by atoms with Gasteiger partial charge in [-0.2, -0.15) is 0 Å². The fraction of sp³-hybridized carbons (Fsp3) is 0.444. The van der Waals surface area contributed by atoms with Crippen LogP contribution in [0.25, 0.3) is 0 Å². The monoisotopic (exact) mass is 245 g/mol. The van der Waals surface area contributed by atoms with Gasteiger partial charge in [-0.25, -0.2) is 4.79 Å². The van der Waals surface area contributed by atoms with Crippen molar-refractivity contribution in [3.63, 3.8) is 0 Å². The van der Waals surface area contributed by atoms with E-state index in [0.29, 0.717) is 0 Å². The van der Waals surface area contributed by atoms with Crippen molar-refractivity contribution in [3.05, 3.63) is 11.6 Å². The molecule has 0 aromatic carbocycles. The van der Waals surface area contributed by atoms with E-state index >= 15 is 0 Å². The Morgan fingerprint density at radius 2 is 2.19 bits per heavy atom. The van der Waals surface area contributed by atoms with Crippen LogP contribution in [0.4, 0.5) is 4.79 Å². The van der Waals surface area contributed by atoms with Crippen LogP contribution in [0, 0.1) is 0 Å². The van der Waals surface area contributed by atoms with Gasteiger partial charge in [0.15, 0.2) is 0 Å². The smallest absolute Gasteiger partial charge is 0.327 e. The van der Waals surface area contributed by atoms with Gasteiger partial charge in [0.1, 0.15) is 13.1 Å². The second kappa shape index (κ2) is 4.98. The molecule has 1 saturated heterocycles. The number of hydrogen-bond acceptors (Lipinski definition) is 3. The standard InChI is InChI=1S/C9H12ClN3O3/c1-6(10)3-11-7(14)4-13-8(15)5-12(2)9(13)16/h1,3-5H2,2H3,(H,11,14). The summed E-state index contributed by atoms with van der Waals surface area (Å²) >= 11 is 5.45. The predicted molar refractivity (Wildman–Crippen MR) is 57.7 cm³/mol. The molecule has 88 valence electrons. The highest BCUT2D eigenvalue weighted by atomic mass is 35.5. The molecule has 0 saturated carbocycles. The third-order valence-corrected chi connectivity index (χ3v) is 2.14. The zero-order valence-electron chi connectivity index (χ0n) is 8.83. The lowest BCUT2D eigenvalue weighted by Gasteiger charge is -2.13. The fourth-order valence-electron chi connectivity index (χ4n) is 1.22. The van der Waals surface area contributed by atoms with Crippen LogP contribution < -0.4 is 5.32 Å². The molecule has 16 heavy (non-hydrogen) atoms. The lowest BCUT2D eigenvalue weighted by atomic mass is 10.4. The maximum Gasteiger partial charge on any atom is 0.327 e. The zero-order valence-corrected chi connectivity index (χ0v) is 9.58. The van der Waals surface area contributed by atoms with Crippen molar-refractivity contribution >= 4 is 29.4 Å². The number of hydrogen-bond donors (Lipinski definition) is 1. The Morgan fingerprint density at radius 3 is 2.62 bits per heavy atom. The molecule has 0 aliphatic carbocycles. The minimum Gasteiger partial charge on any atom is -0.350 e. The highest BCUT2D eigenvalue weighted by molar-refractivity contribution is 6.29. The zero-order chi connectivity index (χ0) is 12.3. The van der Waals surface area contributed by atoms with Crippen LogP contribution >= 0.6 is 11.6 Å². The van der Waals surface area contributed by atoms with Gasteiger partial charge in [-0.3, -0.25) is 14.5 Å². The van der Waals surface area contributed by atoms with Gasteiger partial charge in [0.2, 0.25) is 5.91 Å². The quantitative estimate of drug-likeness (QED) is 0.695. The van der Waals surface area contributed by atoms with Gasteiger partial charge < -0.3 is 10.2 Å². The molecule has 0 bridgehead atoms. The first-order valence-electron chi connectivity index (χ1n) is 4.57. The van der Waals surface area contributed by atoms with E-state index in [9.17, 15) is 14.4 Å². The Kier molecular flexibility index (Phi) is 3.89. The predicted octanol–water partition coefficient (Wildman–Crippen LogP) is -0.251. The molecule has 1 rings (SSSR count). The molecule has 0 radical (unpaired) electrons. The Labute approximate surface area is 97.8 Å². The van der Waals surface area contributed by atoms with Crippen molar-refractivity contribution in [2.75, 3.05) is 26.7 Å². The lowest BCUT2D eigenvalue weighted by molar-refractivity contribution is -0.130. The summed E-state index contributed by atoms with van der Waals surface area (Å²) in [5, 5.41) is 2.71. The van der Waals surface area contributed by atoms with Gasteiger partial charge in [-0.05, 0) is 0 Å². The van der Waals surface area contributed by atoms with E-state index in [4.69, 9.17) is 11.6 Å². The normalized spacial score (nSPS) is 15.6. The Balaban J connectivity index is 2.48. The minimum atomic E-state index is -0.468. The van der Waals surface area contributed by atoms with Crippen LogP contribution in [0.15, 0.2) is 11.6 Å². The molecule has 6 nitrogen and oxygen atoms in total. The van der Waals surface area contributed by atoms with Crippen LogP contribution in [0.1, 0.15) is 0 Å². The van der Waals surface area contributed by atoms with Crippen molar-refractivity contribution in [2.45, 2.75) is 0 Å². The third kappa shape index (κ3) is 2.96. The van der Waals surface area contributed by atoms with Crippen molar-refractivity contribution in [3.8, 4) is 0 Å². The minimum absolute atomic E-state index is 0.00826. The molecule has 1 N–H and O–H groups in total. The van der Waals surface area contributed by atoms with E-state index in [2.05, 4.69) is 11.9 Å². The summed E-state index contributed by atoms with van der Waals surface area (Å²) in [5.74, 6) is -0.828. The summed E-state index contributed by atoms with van der Waals surface area (Å²) in [5.41, 5.74) is 0. The molecule has 1 aliphatic heterocycles. The molecular weight excluding hydrogens is 234 g/mol. The molecule has 0 aromatic heterocycles. The number of likely N-dealkylation sites (N-methyl/N-ethyl adjacent to an activating group) is 1. The summed E-state index contributed by atoms with van der Waals surface area (Å²) in [7, 11) is 1.50. The number of urea groups is 1. The Morgan fingerprint density at radius 1 is 1.56 bits per heavy atom. The summed E-state index contributed by atoms with van der Waals surface area (Å²) < 4.78 is 0. The highest BCUT2D eigenvalue weighted by Gasteiger charge is 2.34. The first-order chi connectivity index (χ1) is 7.41. The molecule has 0 unspecified atom stereocenters. The van der Waals surface area contributed by atoms with Crippen molar-refractivity contribution in [1.29, 1.82) is 0 Å². The third-order valence-electron chi connectivity index (χ3n) is 2.01. The largest absolute Gasteiger partial charge is 0.350 e. The van der Waals surface area contributed by atoms with Crippen molar-refractivity contribution in [1.82, 2.24) is 15.1 Å². The van der Waals surface area contributed by atoms with E-state index in [-0.39, 0.29) is 30.6 Å². The second-order valence-corrected chi connectivity index (χ2v) is 3.95. The maximum atomic E-state index is 11.4. The second-order valence-electron chi connectivity index (χ2n) is 3.41. The van der Waals surface area contributed by atoms with E-state index in [1.54, 1.807) is 0 Å². The molecule has 4 amide bonds. The molecule has 1 fully saturated rings. The van der Waals surface area contributed by atoms with E-state index in [1.165, 1.54) is 11.9 Å². The van der Waals surface area contributed by atoms with Gasteiger partial charge in [0, 0.05) is 12.1 Å². The fourth-order valence-corrected chi connectivity index (χ4v) is 1.29. The molecule has 7 heteroatoms. The van der Waals surface area contributed by atoms with Crippen molar-refractivity contribution in [2.24, 2.45) is 0 Å². The first-order valence-corrected chi connectivity index (χ1v) is 4.95. The first kappa shape index (κ1) is 12.5. The van der Waals surface area contributed by atoms with Gasteiger partial charge in [-0.15, -0.1) is 0 Å². The van der Waals surface area contributed by atoms with E-state index in [1.807, 2.05) is 0 Å². The Bertz CT molecular complexity index is 356. The molecular formula is C9H12ClN3O3. The summed E-state index contributed by atoms with van der Waals surface area (Å²) in [4.78, 5) is 36.2. The average molecular weight is 246 g/mol. The summed E-state index contributed by atoms with van der Waals surface area (Å²) in [6.07, 6.45) is 0. The molecule has 1 heterocycles. The lowest BCUT2D eigenvalue weighted by Crippen LogP contribution is -2.41. The number of carbonyl (C=O) groups is 3. The topological polar surface area (TPSA) is 69.7 Å². The van der Waals surface area contributed by atoms with Gasteiger partial charge in [-0.1, -0.05) is 18.2 Å². The number of nitrogens with zero attached hydrogens (tertiary/aromatic N) is 2. The van der Waals surface area contributed by atoms with Crippen LogP contribution in [0.2, 0.25) is 0 Å². The summed E-state index contributed by atoms with van der Waals surface area (Å²) in [6, 6.07) is -0.468. The van der Waals surface area contributed by atoms with Crippen LogP contribution in [-0.2, 0) is 9.59 Å². The molecule has 0 atom stereocenters. The van der Waals surface area contributed by atoms with E-state index < -0.39 is 11.9 Å². The number of halogens is 1. The molecule has 0 aromatic rings. The maximum absolute atomic E-state index is 11.4. The van der Waals surface area contributed by atoms with Gasteiger partial charge in [0.25, 0.3) is 5.91 Å². The SMILES string of the molecule is C=C(Cl)CNC(=O)CN1C(=O)CN(C)C1=O. The van der Waals surface area contributed by atoms with Crippen LogP contribution in [0.5, 0.6) is 0 Å². The van der Waals surface area contributed by atoms with Crippen LogP contribution in [-0.4, -0.2) is 54.3 Å². The Hall–Kier alpha value is -1.56. The number of imide groups is 1. The molecule has 1 aliphatic rings. The van der Waals surface area contributed by atoms with E-state index in [0.717, 1.165) is 4.90 Å². The average Bonchev–Trinajstić information content (AvgIpc) is 2.42. The van der Waals surface area contributed by atoms with Gasteiger partial charge in [0.05, 0.1) is 6.54 Å².